The fourth-order valence-electron chi connectivity index (χ4n) is 1.53. The van der Waals surface area contributed by atoms with E-state index in [-0.39, 0.29) is 23.6 Å². The van der Waals surface area contributed by atoms with E-state index in [0.717, 1.165) is 0 Å². The molecule has 0 aromatic heterocycles. The molecule has 0 saturated heterocycles. The maximum Gasteiger partial charge on any atom is 0.167 e. The number of rotatable bonds is 2. The van der Waals surface area contributed by atoms with Crippen molar-refractivity contribution in [2.24, 2.45) is 0 Å². The minimum absolute atomic E-state index is 0.0114. The van der Waals surface area contributed by atoms with Crippen LogP contribution in [0.15, 0.2) is 6.07 Å². The van der Waals surface area contributed by atoms with Crippen LogP contribution < -0.4 is 9.47 Å². The third-order valence-electron chi connectivity index (χ3n) is 2.18. The second-order valence-electron chi connectivity index (χ2n) is 3.15. The average molecular weight is 233 g/mol. The number of hydrogen-bond acceptors (Lipinski definition) is 3. The molecule has 5 heteroatoms. The largest absolute Gasteiger partial charge is 0.486 e. The number of aliphatic hydroxyl groups excluding tert-OH is 1. The van der Waals surface area contributed by atoms with Gasteiger partial charge in [-0.3, -0.25) is 0 Å². The number of benzene rings is 1. The van der Waals surface area contributed by atoms with E-state index in [0.29, 0.717) is 24.7 Å². The van der Waals surface area contributed by atoms with Gasteiger partial charge in [-0.05, 0) is 0 Å². The first-order valence-corrected chi connectivity index (χ1v) is 4.99. The molecule has 0 spiro atoms. The van der Waals surface area contributed by atoms with E-state index in [1.807, 2.05) is 0 Å². The molecule has 0 radical (unpaired) electrons. The molecule has 0 unspecified atom stereocenters. The Morgan fingerprint density at radius 1 is 1.40 bits per heavy atom. The molecular weight excluding hydrogens is 223 g/mol. The average Bonchev–Trinajstić information content (AvgIpc) is 2.25. The van der Waals surface area contributed by atoms with E-state index >= 15 is 0 Å². The fourth-order valence-corrected chi connectivity index (χ4v) is 1.75. The standard InChI is InChI=1S/C10H10ClFO3/c11-7-5-8-10(15-4-3-14-8)6(1-2-13)9(7)12/h5,13H,1-4H2. The molecule has 0 fully saturated rings. The van der Waals surface area contributed by atoms with E-state index in [2.05, 4.69) is 0 Å². The van der Waals surface area contributed by atoms with Crippen LogP contribution in [-0.2, 0) is 6.42 Å². The molecule has 2 rings (SSSR count). The molecule has 15 heavy (non-hydrogen) atoms. The predicted octanol–water partition coefficient (Wildman–Crippen LogP) is 1.79. The van der Waals surface area contributed by atoms with Crippen LogP contribution in [0.1, 0.15) is 5.56 Å². The molecule has 1 N–H and O–H groups in total. The van der Waals surface area contributed by atoms with E-state index in [4.69, 9.17) is 26.2 Å². The summed E-state index contributed by atoms with van der Waals surface area (Å²) in [5, 5.41) is 8.82. The Bertz CT molecular complexity index is 381. The van der Waals surface area contributed by atoms with Gasteiger partial charge in [0.25, 0.3) is 0 Å². The van der Waals surface area contributed by atoms with Crippen LogP contribution in [0.2, 0.25) is 5.02 Å². The lowest BCUT2D eigenvalue weighted by Gasteiger charge is -2.21. The molecule has 3 nitrogen and oxygen atoms in total. The topological polar surface area (TPSA) is 38.7 Å². The van der Waals surface area contributed by atoms with Gasteiger partial charge in [0.05, 0.1) is 5.02 Å². The first-order chi connectivity index (χ1) is 7.24. The first-order valence-electron chi connectivity index (χ1n) is 4.61. The second kappa shape index (κ2) is 4.24. The minimum Gasteiger partial charge on any atom is -0.486 e. The van der Waals surface area contributed by atoms with Crippen molar-refractivity contribution in [1.82, 2.24) is 0 Å². The molecule has 82 valence electrons. The monoisotopic (exact) mass is 232 g/mol. The molecule has 1 aromatic carbocycles. The van der Waals surface area contributed by atoms with E-state index in [1.165, 1.54) is 6.07 Å². The van der Waals surface area contributed by atoms with Crippen LogP contribution in [0.3, 0.4) is 0 Å². The van der Waals surface area contributed by atoms with Gasteiger partial charge in [0, 0.05) is 24.7 Å². The molecule has 1 heterocycles. The molecule has 0 bridgehead atoms. The Morgan fingerprint density at radius 3 is 2.87 bits per heavy atom. The summed E-state index contributed by atoms with van der Waals surface area (Å²) in [5.74, 6) is 0.253. The molecule has 0 amide bonds. The lowest BCUT2D eigenvalue weighted by atomic mass is 10.1. The van der Waals surface area contributed by atoms with Crippen LogP contribution in [-0.4, -0.2) is 24.9 Å². The van der Waals surface area contributed by atoms with Crippen molar-refractivity contribution in [3.63, 3.8) is 0 Å². The fraction of sp³-hybridized carbons (Fsp3) is 0.400. The molecule has 1 aromatic rings. The zero-order valence-electron chi connectivity index (χ0n) is 7.93. The Morgan fingerprint density at radius 2 is 2.13 bits per heavy atom. The number of hydrogen-bond donors (Lipinski definition) is 1. The number of fused-ring (bicyclic) bond motifs is 1. The van der Waals surface area contributed by atoms with Crippen molar-refractivity contribution in [2.75, 3.05) is 19.8 Å². The Balaban J connectivity index is 2.52. The van der Waals surface area contributed by atoms with Crippen LogP contribution >= 0.6 is 11.6 Å². The van der Waals surface area contributed by atoms with Crippen LogP contribution in [0.5, 0.6) is 11.5 Å². The Hall–Kier alpha value is -1.00. The molecule has 0 atom stereocenters. The van der Waals surface area contributed by atoms with Gasteiger partial charge in [-0.25, -0.2) is 4.39 Å². The Labute approximate surface area is 91.4 Å². The number of halogens is 2. The Kier molecular flexibility index (Phi) is 2.98. The SMILES string of the molecule is OCCc1c(F)c(Cl)cc2c1OCCO2. The highest BCUT2D eigenvalue weighted by Crippen LogP contribution is 2.39. The lowest BCUT2D eigenvalue weighted by molar-refractivity contribution is 0.167. The van der Waals surface area contributed by atoms with Gasteiger partial charge in [-0.15, -0.1) is 0 Å². The van der Waals surface area contributed by atoms with Gasteiger partial charge in [0.1, 0.15) is 19.0 Å². The summed E-state index contributed by atoms with van der Waals surface area (Å²) in [4.78, 5) is 0. The van der Waals surface area contributed by atoms with Crippen molar-refractivity contribution in [2.45, 2.75) is 6.42 Å². The van der Waals surface area contributed by atoms with Gasteiger partial charge in [-0.2, -0.15) is 0 Å². The van der Waals surface area contributed by atoms with Gasteiger partial charge < -0.3 is 14.6 Å². The van der Waals surface area contributed by atoms with Gasteiger partial charge in [0.15, 0.2) is 11.5 Å². The van der Waals surface area contributed by atoms with Crippen molar-refractivity contribution in [3.8, 4) is 11.5 Å². The number of aliphatic hydroxyl groups is 1. The van der Waals surface area contributed by atoms with E-state index in [9.17, 15) is 4.39 Å². The maximum absolute atomic E-state index is 13.6. The smallest absolute Gasteiger partial charge is 0.167 e. The lowest BCUT2D eigenvalue weighted by Crippen LogP contribution is -2.17. The normalized spacial score (nSPS) is 14.1. The third-order valence-corrected chi connectivity index (χ3v) is 2.45. The highest BCUT2D eigenvalue weighted by atomic mass is 35.5. The summed E-state index contributed by atoms with van der Waals surface area (Å²) in [6.07, 6.45) is 0.165. The summed E-state index contributed by atoms with van der Waals surface area (Å²) in [5.41, 5.74) is 0.278. The van der Waals surface area contributed by atoms with Crippen LogP contribution in [0.4, 0.5) is 4.39 Å². The van der Waals surface area contributed by atoms with E-state index < -0.39 is 5.82 Å². The highest BCUT2D eigenvalue weighted by Gasteiger charge is 2.21. The molecule has 0 aliphatic carbocycles. The number of ether oxygens (including phenoxy) is 2. The van der Waals surface area contributed by atoms with Crippen molar-refractivity contribution < 1.29 is 19.0 Å². The van der Waals surface area contributed by atoms with Gasteiger partial charge in [0.2, 0.25) is 0 Å². The minimum atomic E-state index is -0.546. The van der Waals surface area contributed by atoms with Crippen LogP contribution in [0.25, 0.3) is 0 Å². The van der Waals surface area contributed by atoms with Crippen LogP contribution in [0, 0.1) is 5.82 Å². The predicted molar refractivity (Wildman–Crippen MR) is 53.2 cm³/mol. The molecule has 1 aliphatic rings. The summed E-state index contributed by atoms with van der Waals surface area (Å²) in [6.45, 7) is 0.646. The zero-order valence-corrected chi connectivity index (χ0v) is 8.68. The highest BCUT2D eigenvalue weighted by molar-refractivity contribution is 6.31. The zero-order chi connectivity index (χ0) is 10.8. The summed E-state index contributed by atoms with van der Waals surface area (Å²) >= 11 is 5.69. The van der Waals surface area contributed by atoms with Gasteiger partial charge in [-0.1, -0.05) is 11.6 Å². The maximum atomic E-state index is 13.6. The quantitative estimate of drug-likeness (QED) is 0.845. The van der Waals surface area contributed by atoms with Crippen molar-refractivity contribution >= 4 is 11.6 Å². The van der Waals surface area contributed by atoms with Crippen molar-refractivity contribution in [3.05, 3.63) is 22.5 Å². The van der Waals surface area contributed by atoms with E-state index in [1.54, 1.807) is 0 Å². The van der Waals surface area contributed by atoms with Gasteiger partial charge >= 0.3 is 0 Å². The summed E-state index contributed by atoms with van der Waals surface area (Å²) in [7, 11) is 0. The summed E-state index contributed by atoms with van der Waals surface area (Å²) < 4.78 is 24.2. The molecular formula is C10H10ClFO3. The first kappa shape index (κ1) is 10.5. The second-order valence-corrected chi connectivity index (χ2v) is 3.56. The molecule has 1 aliphatic heterocycles. The van der Waals surface area contributed by atoms with Crippen molar-refractivity contribution in [1.29, 1.82) is 0 Å². The molecule has 0 saturated carbocycles. The summed E-state index contributed by atoms with van der Waals surface area (Å²) in [6, 6.07) is 1.40. The third kappa shape index (κ3) is 1.87.